The molecule has 0 saturated carbocycles. The zero-order valence-corrected chi connectivity index (χ0v) is 5.73. The van der Waals surface area contributed by atoms with E-state index in [1.807, 2.05) is 25.4 Å². The molecule has 2 heterocycles. The Morgan fingerprint density at radius 1 is 1.40 bits per heavy atom. The number of hydrogen-bond donors (Lipinski definition) is 0. The standard InChI is InChI=1S/C7H8N3/c1-10-6-2-4-8-7(10)3-5-9-10/h2-6H,1H3/q+1. The predicted molar refractivity (Wildman–Crippen MR) is 40.4 cm³/mol. The molecule has 0 fully saturated rings. The largest absolute Gasteiger partial charge is 0.260 e. The van der Waals surface area contributed by atoms with Gasteiger partial charge in [-0.3, -0.25) is 0 Å². The summed E-state index contributed by atoms with van der Waals surface area (Å²) in [7, 11) is 1.99. The van der Waals surface area contributed by atoms with Crippen LogP contribution in [-0.4, -0.2) is 24.1 Å². The van der Waals surface area contributed by atoms with Gasteiger partial charge < -0.3 is 0 Å². The maximum atomic E-state index is 4.21. The first-order valence-electron chi connectivity index (χ1n) is 3.16. The number of allylic oxidation sites excluding steroid dienone is 2. The second-order valence-electron chi connectivity index (χ2n) is 2.44. The van der Waals surface area contributed by atoms with Crippen molar-refractivity contribution in [1.82, 2.24) is 0 Å². The summed E-state index contributed by atoms with van der Waals surface area (Å²) >= 11 is 0. The fraction of sp³-hybridized carbons (Fsp3) is 0.143. The van der Waals surface area contributed by atoms with Gasteiger partial charge in [-0.05, 0) is 0 Å². The van der Waals surface area contributed by atoms with Gasteiger partial charge in [0, 0.05) is 18.4 Å². The number of fused-ring (bicyclic) bond motifs is 1. The van der Waals surface area contributed by atoms with Gasteiger partial charge in [-0.15, -0.1) is 4.59 Å². The van der Waals surface area contributed by atoms with Gasteiger partial charge in [0.15, 0.2) is 0 Å². The number of nitrogens with zero attached hydrogens (tertiary/aromatic N) is 3. The Kier molecular flexibility index (Phi) is 0.910. The summed E-state index contributed by atoms with van der Waals surface area (Å²) in [6.45, 7) is 0. The maximum Gasteiger partial charge on any atom is 0.260 e. The molecule has 0 saturated heterocycles. The first-order chi connectivity index (χ1) is 4.81. The minimum absolute atomic E-state index is 0.469. The molecular weight excluding hydrogens is 126 g/mol. The first kappa shape index (κ1) is 5.56. The molecule has 1 atom stereocenters. The molecule has 3 nitrogen and oxygen atoms in total. The molecule has 10 heavy (non-hydrogen) atoms. The van der Waals surface area contributed by atoms with Crippen LogP contribution in [0.4, 0.5) is 0 Å². The van der Waals surface area contributed by atoms with Crippen molar-refractivity contribution >= 4 is 12.4 Å². The topological polar surface area (TPSA) is 24.7 Å². The quantitative estimate of drug-likeness (QED) is 0.439. The Morgan fingerprint density at radius 2 is 2.30 bits per heavy atom. The van der Waals surface area contributed by atoms with Crippen LogP contribution in [0, 0.1) is 0 Å². The van der Waals surface area contributed by atoms with E-state index in [1.54, 1.807) is 12.4 Å². The van der Waals surface area contributed by atoms with Crippen molar-refractivity contribution in [3.05, 3.63) is 24.2 Å². The summed E-state index contributed by atoms with van der Waals surface area (Å²) in [5, 5.41) is 4.21. The second-order valence-corrected chi connectivity index (χ2v) is 2.44. The minimum Gasteiger partial charge on any atom is -0.202 e. The normalized spacial score (nSPS) is 34.3. The predicted octanol–water partition coefficient (Wildman–Crippen LogP) is 0.872. The van der Waals surface area contributed by atoms with E-state index in [2.05, 4.69) is 10.1 Å². The summed E-state index contributed by atoms with van der Waals surface area (Å²) in [6, 6.07) is 0. The van der Waals surface area contributed by atoms with Crippen LogP contribution in [0.3, 0.4) is 0 Å². The van der Waals surface area contributed by atoms with Crippen LogP contribution in [0.25, 0.3) is 0 Å². The van der Waals surface area contributed by atoms with Gasteiger partial charge in [0.05, 0.1) is 6.21 Å². The van der Waals surface area contributed by atoms with Crippen LogP contribution >= 0.6 is 0 Å². The Balaban J connectivity index is 2.51. The van der Waals surface area contributed by atoms with Gasteiger partial charge in [0.2, 0.25) is 0 Å². The Morgan fingerprint density at radius 3 is 3.10 bits per heavy atom. The number of aliphatic imine (C=N–C) groups is 1. The van der Waals surface area contributed by atoms with Crippen LogP contribution in [0.15, 0.2) is 34.3 Å². The van der Waals surface area contributed by atoms with E-state index in [-0.39, 0.29) is 0 Å². The summed E-state index contributed by atoms with van der Waals surface area (Å²) in [4.78, 5) is 4.16. The molecule has 2 aliphatic heterocycles. The van der Waals surface area contributed by atoms with Crippen molar-refractivity contribution in [2.75, 3.05) is 7.05 Å². The lowest BCUT2D eigenvalue weighted by molar-refractivity contribution is -0.825. The van der Waals surface area contributed by atoms with Crippen molar-refractivity contribution in [2.24, 2.45) is 10.1 Å². The average Bonchev–Trinajstić information content (AvgIpc) is 2.29. The molecule has 0 aromatic rings. The molecule has 3 heteroatoms. The number of quaternary nitrogens is 1. The van der Waals surface area contributed by atoms with E-state index in [0.717, 1.165) is 5.82 Å². The van der Waals surface area contributed by atoms with Gasteiger partial charge in [-0.1, -0.05) is 5.10 Å². The molecule has 1 unspecified atom stereocenters. The lowest BCUT2D eigenvalue weighted by Gasteiger charge is -2.19. The van der Waals surface area contributed by atoms with E-state index in [1.165, 1.54) is 0 Å². The van der Waals surface area contributed by atoms with Crippen molar-refractivity contribution in [3.63, 3.8) is 0 Å². The van der Waals surface area contributed by atoms with Crippen LogP contribution in [0.5, 0.6) is 0 Å². The van der Waals surface area contributed by atoms with Crippen LogP contribution in [0.2, 0.25) is 0 Å². The van der Waals surface area contributed by atoms with Crippen molar-refractivity contribution in [1.29, 1.82) is 0 Å². The summed E-state index contributed by atoms with van der Waals surface area (Å²) in [5.74, 6) is 0.975. The second kappa shape index (κ2) is 1.64. The fourth-order valence-electron chi connectivity index (χ4n) is 1.05. The average molecular weight is 134 g/mol. The van der Waals surface area contributed by atoms with Gasteiger partial charge in [-0.25, -0.2) is 4.99 Å². The van der Waals surface area contributed by atoms with Crippen LogP contribution in [-0.2, 0) is 0 Å². The van der Waals surface area contributed by atoms with E-state index >= 15 is 0 Å². The van der Waals surface area contributed by atoms with Crippen LogP contribution < -0.4 is 0 Å². The zero-order chi connectivity index (χ0) is 7.03. The molecule has 0 aliphatic carbocycles. The molecule has 0 aromatic heterocycles. The molecule has 0 N–H and O–H groups in total. The molecule has 0 radical (unpaired) electrons. The fourth-order valence-corrected chi connectivity index (χ4v) is 1.05. The molecule has 0 aromatic carbocycles. The summed E-state index contributed by atoms with van der Waals surface area (Å²) < 4.78 is 0.469. The highest BCUT2D eigenvalue weighted by Crippen LogP contribution is 2.23. The highest BCUT2D eigenvalue weighted by molar-refractivity contribution is 5.77. The lowest BCUT2D eigenvalue weighted by Crippen LogP contribution is -2.29. The zero-order valence-electron chi connectivity index (χ0n) is 5.73. The third-order valence-corrected chi connectivity index (χ3v) is 1.66. The highest BCUT2D eigenvalue weighted by atomic mass is 15.6. The van der Waals surface area contributed by atoms with Gasteiger partial charge in [-0.2, -0.15) is 0 Å². The third kappa shape index (κ3) is 0.579. The van der Waals surface area contributed by atoms with E-state index in [0.29, 0.717) is 4.59 Å². The Hall–Kier alpha value is -1.22. The molecule has 0 bridgehead atoms. The minimum atomic E-state index is 0.469. The molecule has 0 amide bonds. The first-order valence-corrected chi connectivity index (χ1v) is 3.16. The highest BCUT2D eigenvalue weighted by Gasteiger charge is 2.29. The van der Waals surface area contributed by atoms with E-state index in [4.69, 9.17) is 0 Å². The van der Waals surface area contributed by atoms with Gasteiger partial charge in [0.25, 0.3) is 5.82 Å². The van der Waals surface area contributed by atoms with E-state index < -0.39 is 0 Å². The van der Waals surface area contributed by atoms with Crippen molar-refractivity contribution in [3.8, 4) is 0 Å². The Labute approximate surface area is 59.3 Å². The SMILES string of the molecule is C[N+]12C=CC=NC1=CC=N2. The summed E-state index contributed by atoms with van der Waals surface area (Å²) in [6.07, 6.45) is 9.37. The van der Waals surface area contributed by atoms with Crippen molar-refractivity contribution < 1.29 is 4.59 Å². The molecule has 2 aliphatic rings. The molecule has 2 rings (SSSR count). The molecule has 0 spiro atoms. The van der Waals surface area contributed by atoms with Crippen molar-refractivity contribution in [2.45, 2.75) is 0 Å². The monoisotopic (exact) mass is 134 g/mol. The number of hydrogen-bond acceptors (Lipinski definition) is 2. The lowest BCUT2D eigenvalue weighted by atomic mass is 10.4. The molecule has 50 valence electrons. The molecular formula is C7H8N3+. The third-order valence-electron chi connectivity index (χ3n) is 1.66. The van der Waals surface area contributed by atoms with Crippen LogP contribution in [0.1, 0.15) is 0 Å². The maximum absolute atomic E-state index is 4.21. The number of rotatable bonds is 0. The smallest absolute Gasteiger partial charge is 0.202 e. The summed E-state index contributed by atoms with van der Waals surface area (Å²) in [5.41, 5.74) is 0. The Bertz CT molecular complexity index is 273. The van der Waals surface area contributed by atoms with Gasteiger partial charge >= 0.3 is 0 Å². The van der Waals surface area contributed by atoms with Gasteiger partial charge in [0.1, 0.15) is 13.2 Å². The van der Waals surface area contributed by atoms with E-state index in [9.17, 15) is 0 Å².